The molecule has 0 saturated carbocycles. The first-order valence-corrected chi connectivity index (χ1v) is 9.50. The van der Waals surface area contributed by atoms with Crippen LogP contribution in [-0.4, -0.2) is 41.7 Å². The van der Waals surface area contributed by atoms with Crippen LogP contribution >= 0.6 is 0 Å². The maximum Gasteiger partial charge on any atom is 0.257 e. The van der Waals surface area contributed by atoms with Crippen molar-refractivity contribution in [2.75, 3.05) is 14.1 Å². The molecular formula is C21H29N5O3. The Morgan fingerprint density at radius 1 is 1.17 bits per heavy atom. The summed E-state index contributed by atoms with van der Waals surface area (Å²) in [5.41, 5.74) is 13.1. The Morgan fingerprint density at radius 2 is 1.86 bits per heavy atom. The standard InChI is InChI=1S/C21H29N5O3/c1-6-13-9-10-15(18(27)17(13)21(28)26(4)5)25-20(23)19(22)24-14(7-2)16-11-8-12(3)29-16/h8-11,14,27H,6-7H2,1-5H3,(H2,22,24)(H2,23,25)/t14-/m1/s1. The van der Waals surface area contributed by atoms with Gasteiger partial charge in [0.1, 0.15) is 23.2 Å². The molecule has 5 N–H and O–H groups in total. The zero-order valence-electron chi connectivity index (χ0n) is 17.6. The van der Waals surface area contributed by atoms with Gasteiger partial charge in [-0.15, -0.1) is 0 Å². The highest BCUT2D eigenvalue weighted by molar-refractivity contribution is 6.39. The van der Waals surface area contributed by atoms with E-state index in [2.05, 4.69) is 9.98 Å². The molecule has 0 aliphatic carbocycles. The van der Waals surface area contributed by atoms with Crippen LogP contribution in [0.5, 0.6) is 5.75 Å². The predicted octanol–water partition coefficient (Wildman–Crippen LogP) is 3.06. The lowest BCUT2D eigenvalue weighted by atomic mass is 10.0. The van der Waals surface area contributed by atoms with Crippen molar-refractivity contribution in [1.29, 1.82) is 0 Å². The summed E-state index contributed by atoms with van der Waals surface area (Å²) >= 11 is 0. The number of aromatic hydroxyl groups is 1. The number of phenolic OH excluding ortho intramolecular Hbond substituents is 1. The van der Waals surface area contributed by atoms with Crippen molar-refractivity contribution in [2.24, 2.45) is 21.5 Å². The van der Waals surface area contributed by atoms with Crippen molar-refractivity contribution >= 4 is 23.3 Å². The van der Waals surface area contributed by atoms with E-state index in [-0.39, 0.29) is 40.6 Å². The summed E-state index contributed by atoms with van der Waals surface area (Å²) in [6, 6.07) is 6.77. The van der Waals surface area contributed by atoms with Gasteiger partial charge in [0, 0.05) is 14.1 Å². The lowest BCUT2D eigenvalue weighted by Crippen LogP contribution is -2.31. The second-order valence-corrected chi connectivity index (χ2v) is 6.90. The molecule has 0 unspecified atom stereocenters. The second-order valence-electron chi connectivity index (χ2n) is 6.90. The van der Waals surface area contributed by atoms with E-state index in [4.69, 9.17) is 15.9 Å². The minimum atomic E-state index is -0.309. The largest absolute Gasteiger partial charge is 0.505 e. The van der Waals surface area contributed by atoms with Gasteiger partial charge < -0.3 is 25.9 Å². The molecule has 2 rings (SSSR count). The number of carbonyl (C=O) groups excluding carboxylic acids is 1. The number of benzene rings is 1. The highest BCUT2D eigenvalue weighted by atomic mass is 16.3. The van der Waals surface area contributed by atoms with E-state index >= 15 is 0 Å². The Balaban J connectivity index is 2.42. The monoisotopic (exact) mass is 399 g/mol. The average molecular weight is 399 g/mol. The van der Waals surface area contributed by atoms with Crippen molar-refractivity contribution in [3.05, 3.63) is 46.9 Å². The number of hydrogen-bond acceptors (Lipinski definition) is 5. The third-order valence-electron chi connectivity index (χ3n) is 4.52. The highest BCUT2D eigenvalue weighted by Gasteiger charge is 2.21. The fourth-order valence-corrected chi connectivity index (χ4v) is 2.88. The van der Waals surface area contributed by atoms with E-state index in [0.717, 1.165) is 11.3 Å². The number of amidine groups is 2. The Kier molecular flexibility index (Phi) is 7.03. The number of nitrogens with two attached hydrogens (primary N) is 2. The van der Waals surface area contributed by atoms with Crippen molar-refractivity contribution in [1.82, 2.24) is 4.90 Å². The Morgan fingerprint density at radius 3 is 2.38 bits per heavy atom. The molecule has 8 heteroatoms. The van der Waals surface area contributed by atoms with Gasteiger partial charge in [-0.25, -0.2) is 4.99 Å². The van der Waals surface area contributed by atoms with Crippen LogP contribution in [0.4, 0.5) is 5.69 Å². The van der Waals surface area contributed by atoms with E-state index in [9.17, 15) is 9.90 Å². The molecule has 0 radical (unpaired) electrons. The van der Waals surface area contributed by atoms with Crippen LogP contribution in [0.3, 0.4) is 0 Å². The van der Waals surface area contributed by atoms with Gasteiger partial charge >= 0.3 is 0 Å². The quantitative estimate of drug-likeness (QED) is 0.507. The number of amides is 1. The molecule has 0 aliphatic rings. The van der Waals surface area contributed by atoms with Gasteiger partial charge in [-0.05, 0) is 43.5 Å². The number of phenols is 1. The van der Waals surface area contributed by atoms with Crippen LogP contribution in [-0.2, 0) is 6.42 Å². The van der Waals surface area contributed by atoms with E-state index in [1.54, 1.807) is 26.2 Å². The van der Waals surface area contributed by atoms with Gasteiger partial charge in [-0.2, -0.15) is 0 Å². The third kappa shape index (κ3) is 4.96. The van der Waals surface area contributed by atoms with Gasteiger partial charge in [0.15, 0.2) is 17.4 Å². The lowest BCUT2D eigenvalue weighted by Gasteiger charge is -2.16. The number of hydrogen-bond donors (Lipinski definition) is 3. The fraction of sp³-hybridized carbons (Fsp3) is 0.381. The summed E-state index contributed by atoms with van der Waals surface area (Å²) in [6.07, 6.45) is 1.26. The van der Waals surface area contributed by atoms with Gasteiger partial charge in [0.25, 0.3) is 5.91 Å². The minimum absolute atomic E-state index is 0.0327. The summed E-state index contributed by atoms with van der Waals surface area (Å²) in [5, 5.41) is 10.7. The number of rotatable bonds is 6. The molecule has 1 amide bonds. The zero-order chi connectivity index (χ0) is 21.7. The smallest absolute Gasteiger partial charge is 0.257 e. The molecule has 0 bridgehead atoms. The molecule has 0 saturated heterocycles. The number of aliphatic imine (C=N–C) groups is 2. The Labute approximate surface area is 170 Å². The van der Waals surface area contributed by atoms with Gasteiger partial charge in [0.05, 0.1) is 5.56 Å². The van der Waals surface area contributed by atoms with Crippen LogP contribution in [0.1, 0.15) is 53.8 Å². The maximum atomic E-state index is 12.5. The molecular weight excluding hydrogens is 370 g/mol. The molecule has 1 atom stereocenters. The summed E-state index contributed by atoms with van der Waals surface area (Å²) in [4.78, 5) is 22.5. The first-order chi connectivity index (χ1) is 13.7. The Hall–Kier alpha value is -3.29. The van der Waals surface area contributed by atoms with Crippen molar-refractivity contribution < 1.29 is 14.3 Å². The number of nitrogens with zero attached hydrogens (tertiary/aromatic N) is 3. The summed E-state index contributed by atoms with van der Waals surface area (Å²) < 4.78 is 5.62. The van der Waals surface area contributed by atoms with E-state index in [1.807, 2.05) is 32.9 Å². The summed E-state index contributed by atoms with van der Waals surface area (Å²) in [7, 11) is 3.24. The minimum Gasteiger partial charge on any atom is -0.505 e. The van der Waals surface area contributed by atoms with Crippen LogP contribution in [0.25, 0.3) is 0 Å². The van der Waals surface area contributed by atoms with Crippen LogP contribution in [0.15, 0.2) is 38.7 Å². The highest BCUT2D eigenvalue weighted by Crippen LogP contribution is 2.34. The van der Waals surface area contributed by atoms with E-state index in [0.29, 0.717) is 18.6 Å². The van der Waals surface area contributed by atoms with Gasteiger partial charge in [0.2, 0.25) is 0 Å². The van der Waals surface area contributed by atoms with Crippen molar-refractivity contribution in [2.45, 2.75) is 39.7 Å². The Bertz CT molecular complexity index is 944. The van der Waals surface area contributed by atoms with Crippen LogP contribution in [0.2, 0.25) is 0 Å². The van der Waals surface area contributed by atoms with Gasteiger partial charge in [-0.3, -0.25) is 9.79 Å². The van der Waals surface area contributed by atoms with Crippen molar-refractivity contribution in [3.63, 3.8) is 0 Å². The number of carbonyl (C=O) groups is 1. The zero-order valence-corrected chi connectivity index (χ0v) is 17.6. The predicted molar refractivity (Wildman–Crippen MR) is 115 cm³/mol. The molecule has 29 heavy (non-hydrogen) atoms. The third-order valence-corrected chi connectivity index (χ3v) is 4.52. The van der Waals surface area contributed by atoms with Crippen molar-refractivity contribution in [3.8, 4) is 5.75 Å². The topological polar surface area (TPSA) is 130 Å². The van der Waals surface area contributed by atoms with Gasteiger partial charge in [-0.1, -0.05) is 19.9 Å². The summed E-state index contributed by atoms with van der Waals surface area (Å²) in [6.45, 7) is 5.72. The first kappa shape index (κ1) is 22.0. The number of furan rings is 1. The second kappa shape index (κ2) is 9.27. The maximum absolute atomic E-state index is 12.5. The molecule has 8 nitrogen and oxygen atoms in total. The molecule has 1 aromatic heterocycles. The first-order valence-electron chi connectivity index (χ1n) is 9.50. The molecule has 0 fully saturated rings. The number of aryl methyl sites for hydroxylation is 2. The SMILES string of the molecule is CCc1ccc(N=C(N)C(N)=N[C@H](CC)c2ccc(C)o2)c(O)c1C(=O)N(C)C. The molecule has 0 aliphatic heterocycles. The average Bonchev–Trinajstić information content (AvgIpc) is 3.12. The molecule has 0 spiro atoms. The normalized spacial score (nSPS) is 13.4. The lowest BCUT2D eigenvalue weighted by molar-refractivity contribution is 0.0823. The van der Waals surface area contributed by atoms with Crippen LogP contribution in [0, 0.1) is 6.92 Å². The van der Waals surface area contributed by atoms with E-state index < -0.39 is 0 Å². The molecule has 1 heterocycles. The summed E-state index contributed by atoms with van der Waals surface area (Å²) in [5.74, 6) is 0.922. The molecule has 1 aromatic carbocycles. The molecule has 2 aromatic rings. The molecule has 156 valence electrons. The van der Waals surface area contributed by atoms with E-state index in [1.165, 1.54) is 4.90 Å². The van der Waals surface area contributed by atoms with Crippen LogP contribution < -0.4 is 11.5 Å². The fourth-order valence-electron chi connectivity index (χ4n) is 2.88.